The second kappa shape index (κ2) is 6.19. The summed E-state index contributed by atoms with van der Waals surface area (Å²) in [6, 6.07) is 5.17. The number of Topliss-reactive ketones (excluding diaryl/α,β-unsaturated/α-hetero) is 1. The van der Waals surface area contributed by atoms with E-state index in [4.69, 9.17) is 9.47 Å². The number of rotatable bonds is 5. The molecule has 0 aliphatic heterocycles. The van der Waals surface area contributed by atoms with Gasteiger partial charge in [-0.15, -0.1) is 0 Å². The molecule has 0 aliphatic carbocycles. The minimum Gasteiger partial charge on any atom is -0.492 e. The molecule has 19 heavy (non-hydrogen) atoms. The molecule has 1 aromatic carbocycles. The SMILES string of the molecule is COC(=O)C(C)(C)COc1cc(Br)ccc1C(C)=O. The molecule has 1 rings (SSSR count). The van der Waals surface area contributed by atoms with Crippen molar-refractivity contribution in [3.05, 3.63) is 28.2 Å². The average Bonchev–Trinajstić information content (AvgIpc) is 2.35. The number of halogens is 1. The van der Waals surface area contributed by atoms with Crippen molar-refractivity contribution in [3.63, 3.8) is 0 Å². The van der Waals surface area contributed by atoms with Gasteiger partial charge >= 0.3 is 5.97 Å². The van der Waals surface area contributed by atoms with Gasteiger partial charge in [0.1, 0.15) is 12.4 Å². The summed E-state index contributed by atoms with van der Waals surface area (Å²) in [5, 5.41) is 0. The van der Waals surface area contributed by atoms with Crippen LogP contribution in [0.25, 0.3) is 0 Å². The van der Waals surface area contributed by atoms with Crippen LogP contribution >= 0.6 is 15.9 Å². The molecular weight excluding hydrogens is 312 g/mol. The first-order valence-corrected chi connectivity index (χ1v) is 6.59. The molecule has 0 saturated heterocycles. The van der Waals surface area contributed by atoms with Crippen molar-refractivity contribution in [2.24, 2.45) is 5.41 Å². The second-order valence-electron chi connectivity index (χ2n) is 4.86. The summed E-state index contributed by atoms with van der Waals surface area (Å²) in [4.78, 5) is 23.1. The summed E-state index contributed by atoms with van der Waals surface area (Å²) in [5.74, 6) is 0.0177. The number of methoxy groups -OCH3 is 1. The third-order valence-corrected chi connectivity index (χ3v) is 3.14. The van der Waals surface area contributed by atoms with E-state index in [1.807, 2.05) is 0 Å². The number of carbonyl (C=O) groups is 2. The lowest BCUT2D eigenvalue weighted by Gasteiger charge is -2.22. The van der Waals surface area contributed by atoms with Gasteiger partial charge in [0.2, 0.25) is 0 Å². The first kappa shape index (κ1) is 15.7. The quantitative estimate of drug-likeness (QED) is 0.615. The number of ether oxygens (including phenoxy) is 2. The molecule has 0 N–H and O–H groups in total. The Balaban J connectivity index is 2.91. The van der Waals surface area contributed by atoms with Crippen LogP contribution in [0.4, 0.5) is 0 Å². The summed E-state index contributed by atoms with van der Waals surface area (Å²) in [6.07, 6.45) is 0. The summed E-state index contributed by atoms with van der Waals surface area (Å²) >= 11 is 3.33. The molecule has 0 radical (unpaired) electrons. The number of hydrogen-bond acceptors (Lipinski definition) is 4. The van der Waals surface area contributed by atoms with Gasteiger partial charge in [-0.05, 0) is 39.0 Å². The number of ketones is 1. The molecule has 0 bridgehead atoms. The molecule has 0 unspecified atom stereocenters. The van der Waals surface area contributed by atoms with Gasteiger partial charge in [-0.25, -0.2) is 0 Å². The van der Waals surface area contributed by atoms with Crippen LogP contribution in [0.1, 0.15) is 31.1 Å². The van der Waals surface area contributed by atoms with Crippen molar-refractivity contribution in [2.45, 2.75) is 20.8 Å². The maximum atomic E-state index is 11.6. The molecule has 0 aromatic heterocycles. The largest absolute Gasteiger partial charge is 0.492 e. The Morgan fingerprint density at radius 1 is 1.32 bits per heavy atom. The molecule has 0 aliphatic rings. The van der Waals surface area contributed by atoms with Gasteiger partial charge in [0, 0.05) is 4.47 Å². The van der Waals surface area contributed by atoms with Gasteiger partial charge in [0.25, 0.3) is 0 Å². The van der Waals surface area contributed by atoms with E-state index in [1.54, 1.807) is 32.0 Å². The third-order valence-electron chi connectivity index (χ3n) is 2.65. The minimum atomic E-state index is -0.773. The second-order valence-corrected chi connectivity index (χ2v) is 5.78. The van der Waals surface area contributed by atoms with Crippen molar-refractivity contribution in [3.8, 4) is 5.75 Å². The summed E-state index contributed by atoms with van der Waals surface area (Å²) in [7, 11) is 1.34. The number of esters is 1. The molecule has 104 valence electrons. The zero-order valence-corrected chi connectivity index (χ0v) is 13.0. The van der Waals surface area contributed by atoms with E-state index in [2.05, 4.69) is 15.9 Å². The van der Waals surface area contributed by atoms with Gasteiger partial charge in [-0.1, -0.05) is 15.9 Å². The Morgan fingerprint density at radius 2 is 1.95 bits per heavy atom. The number of benzene rings is 1. The van der Waals surface area contributed by atoms with Gasteiger partial charge < -0.3 is 9.47 Å². The first-order valence-electron chi connectivity index (χ1n) is 5.79. The van der Waals surface area contributed by atoms with Crippen molar-refractivity contribution in [2.75, 3.05) is 13.7 Å². The lowest BCUT2D eigenvalue weighted by Crippen LogP contribution is -2.32. The highest BCUT2D eigenvalue weighted by molar-refractivity contribution is 9.10. The maximum Gasteiger partial charge on any atom is 0.314 e. The Hall–Kier alpha value is -1.36. The smallest absolute Gasteiger partial charge is 0.314 e. The van der Waals surface area contributed by atoms with E-state index in [0.717, 1.165) is 4.47 Å². The van der Waals surface area contributed by atoms with Gasteiger partial charge in [-0.3, -0.25) is 9.59 Å². The normalized spacial score (nSPS) is 11.0. The van der Waals surface area contributed by atoms with E-state index >= 15 is 0 Å². The Morgan fingerprint density at radius 3 is 2.47 bits per heavy atom. The molecule has 0 amide bonds. The molecule has 0 fully saturated rings. The van der Waals surface area contributed by atoms with E-state index in [1.165, 1.54) is 14.0 Å². The van der Waals surface area contributed by atoms with Crippen LogP contribution in [-0.2, 0) is 9.53 Å². The fourth-order valence-corrected chi connectivity index (χ4v) is 1.84. The predicted octanol–water partition coefficient (Wildman–Crippen LogP) is 3.23. The van der Waals surface area contributed by atoms with Crippen LogP contribution in [-0.4, -0.2) is 25.5 Å². The first-order chi connectivity index (χ1) is 8.77. The summed E-state index contributed by atoms with van der Waals surface area (Å²) in [6.45, 7) is 5.06. The molecule has 5 heteroatoms. The molecule has 0 heterocycles. The minimum absolute atomic E-state index is 0.0848. The molecule has 0 saturated carbocycles. The topological polar surface area (TPSA) is 52.6 Å². The lowest BCUT2D eigenvalue weighted by atomic mass is 9.95. The average molecular weight is 329 g/mol. The standard InChI is InChI=1S/C14H17BrO4/c1-9(16)11-6-5-10(15)7-12(11)19-8-14(2,3)13(17)18-4/h5-7H,8H2,1-4H3. The van der Waals surface area contributed by atoms with E-state index in [9.17, 15) is 9.59 Å². The molecule has 0 atom stereocenters. The van der Waals surface area contributed by atoms with Crippen LogP contribution in [0, 0.1) is 5.41 Å². The molecule has 1 aromatic rings. The number of hydrogen-bond donors (Lipinski definition) is 0. The van der Waals surface area contributed by atoms with Gasteiger partial charge in [-0.2, -0.15) is 0 Å². The van der Waals surface area contributed by atoms with Crippen LogP contribution in [0.3, 0.4) is 0 Å². The monoisotopic (exact) mass is 328 g/mol. The highest BCUT2D eigenvalue weighted by Gasteiger charge is 2.30. The van der Waals surface area contributed by atoms with Crippen LogP contribution in [0.5, 0.6) is 5.75 Å². The van der Waals surface area contributed by atoms with E-state index in [-0.39, 0.29) is 18.4 Å². The van der Waals surface area contributed by atoms with Crippen molar-refractivity contribution in [1.29, 1.82) is 0 Å². The Bertz CT molecular complexity index is 494. The van der Waals surface area contributed by atoms with Gasteiger partial charge in [0.05, 0.1) is 18.1 Å². The third kappa shape index (κ3) is 4.06. The Labute approximate surface area is 121 Å². The zero-order valence-electron chi connectivity index (χ0n) is 11.5. The maximum absolute atomic E-state index is 11.6. The van der Waals surface area contributed by atoms with Crippen molar-refractivity contribution in [1.82, 2.24) is 0 Å². The Kier molecular flexibility index (Phi) is 5.11. The van der Waals surface area contributed by atoms with Crippen LogP contribution < -0.4 is 4.74 Å². The zero-order chi connectivity index (χ0) is 14.6. The van der Waals surface area contributed by atoms with Crippen molar-refractivity contribution < 1.29 is 19.1 Å². The summed E-state index contributed by atoms with van der Waals surface area (Å²) < 4.78 is 11.1. The van der Waals surface area contributed by atoms with E-state index < -0.39 is 5.41 Å². The summed E-state index contributed by atoms with van der Waals surface area (Å²) in [5.41, 5.74) is -0.283. The van der Waals surface area contributed by atoms with Crippen LogP contribution in [0.2, 0.25) is 0 Å². The fraction of sp³-hybridized carbons (Fsp3) is 0.429. The molecule has 4 nitrogen and oxygen atoms in total. The molecular formula is C14H17BrO4. The highest BCUT2D eigenvalue weighted by atomic mass is 79.9. The molecule has 0 spiro atoms. The van der Waals surface area contributed by atoms with Crippen molar-refractivity contribution >= 4 is 27.7 Å². The fourth-order valence-electron chi connectivity index (χ4n) is 1.50. The lowest BCUT2D eigenvalue weighted by molar-refractivity contribution is -0.152. The predicted molar refractivity (Wildman–Crippen MR) is 75.4 cm³/mol. The van der Waals surface area contributed by atoms with E-state index in [0.29, 0.717) is 11.3 Å². The van der Waals surface area contributed by atoms with Crippen LogP contribution in [0.15, 0.2) is 22.7 Å². The number of carbonyl (C=O) groups excluding carboxylic acids is 2. The highest BCUT2D eigenvalue weighted by Crippen LogP contribution is 2.27. The van der Waals surface area contributed by atoms with Gasteiger partial charge in [0.15, 0.2) is 5.78 Å².